The van der Waals surface area contributed by atoms with Gasteiger partial charge in [0.1, 0.15) is 11.5 Å². The normalized spacial score (nSPS) is 18.9. The molecule has 0 aromatic heterocycles. The van der Waals surface area contributed by atoms with E-state index in [4.69, 9.17) is 9.47 Å². The highest BCUT2D eigenvalue weighted by atomic mass is 16.5. The number of carbonyl (C=O) groups excluding carboxylic acids is 2. The highest BCUT2D eigenvalue weighted by molar-refractivity contribution is 5.95. The summed E-state index contributed by atoms with van der Waals surface area (Å²) < 4.78 is 10.4. The van der Waals surface area contributed by atoms with Gasteiger partial charge in [-0.05, 0) is 35.9 Å². The molecule has 2 atom stereocenters. The van der Waals surface area contributed by atoms with Crippen molar-refractivity contribution in [2.45, 2.75) is 18.9 Å². The van der Waals surface area contributed by atoms with E-state index in [9.17, 15) is 9.59 Å². The molecule has 1 N–H and O–H groups in total. The van der Waals surface area contributed by atoms with Gasteiger partial charge in [0.05, 0.1) is 20.3 Å². The number of rotatable bonds is 5. The number of likely N-dealkylation sites (tertiary alicyclic amines) is 1. The Hall–Kier alpha value is -3.02. The monoisotopic (exact) mass is 368 g/mol. The molecule has 0 spiro atoms. The first-order valence-electron chi connectivity index (χ1n) is 8.86. The summed E-state index contributed by atoms with van der Waals surface area (Å²) >= 11 is 0. The van der Waals surface area contributed by atoms with Gasteiger partial charge in [0, 0.05) is 31.5 Å². The Labute approximate surface area is 159 Å². The van der Waals surface area contributed by atoms with E-state index in [1.165, 1.54) is 6.92 Å². The SMILES string of the molecule is COc1ccc([C@@H]2CN(C(=O)c3cccc(OC)c3)C[C@H]2NC(C)=O)cc1. The Morgan fingerprint density at radius 3 is 2.33 bits per heavy atom. The first-order valence-corrected chi connectivity index (χ1v) is 8.86. The van der Waals surface area contributed by atoms with Crippen molar-refractivity contribution in [2.75, 3.05) is 27.3 Å². The lowest BCUT2D eigenvalue weighted by atomic mass is 9.94. The quantitative estimate of drug-likeness (QED) is 0.880. The Bertz CT molecular complexity index is 819. The number of nitrogens with one attached hydrogen (secondary N) is 1. The van der Waals surface area contributed by atoms with Crippen LogP contribution in [0.3, 0.4) is 0 Å². The van der Waals surface area contributed by atoms with Crippen LogP contribution in [-0.4, -0.2) is 50.1 Å². The molecule has 0 saturated carbocycles. The molecule has 1 aliphatic heterocycles. The van der Waals surface area contributed by atoms with E-state index < -0.39 is 0 Å². The average Bonchev–Trinajstić information content (AvgIpc) is 3.10. The molecule has 1 saturated heterocycles. The number of benzene rings is 2. The van der Waals surface area contributed by atoms with Gasteiger partial charge < -0.3 is 19.7 Å². The van der Waals surface area contributed by atoms with E-state index in [1.807, 2.05) is 24.3 Å². The molecular weight excluding hydrogens is 344 g/mol. The molecule has 0 bridgehead atoms. The van der Waals surface area contributed by atoms with Crippen LogP contribution in [0.4, 0.5) is 0 Å². The predicted octanol–water partition coefficient (Wildman–Crippen LogP) is 2.45. The maximum absolute atomic E-state index is 13.0. The summed E-state index contributed by atoms with van der Waals surface area (Å²) in [4.78, 5) is 26.4. The van der Waals surface area contributed by atoms with Crippen molar-refractivity contribution in [3.63, 3.8) is 0 Å². The molecule has 0 aliphatic carbocycles. The first-order chi connectivity index (χ1) is 13.0. The number of amides is 2. The minimum atomic E-state index is -0.134. The summed E-state index contributed by atoms with van der Waals surface area (Å²) in [6.07, 6.45) is 0. The second-order valence-electron chi connectivity index (χ2n) is 6.63. The highest BCUT2D eigenvalue weighted by Crippen LogP contribution is 2.30. The largest absolute Gasteiger partial charge is 0.497 e. The third-order valence-electron chi connectivity index (χ3n) is 4.86. The van der Waals surface area contributed by atoms with Gasteiger partial charge in [-0.25, -0.2) is 0 Å². The van der Waals surface area contributed by atoms with E-state index in [-0.39, 0.29) is 23.8 Å². The zero-order valence-corrected chi connectivity index (χ0v) is 15.8. The fourth-order valence-electron chi connectivity index (χ4n) is 3.50. The maximum Gasteiger partial charge on any atom is 0.254 e. The smallest absolute Gasteiger partial charge is 0.254 e. The van der Waals surface area contributed by atoms with Crippen LogP contribution in [0.5, 0.6) is 11.5 Å². The van der Waals surface area contributed by atoms with Crippen molar-refractivity contribution in [3.8, 4) is 11.5 Å². The topological polar surface area (TPSA) is 67.9 Å². The third-order valence-corrected chi connectivity index (χ3v) is 4.86. The lowest BCUT2D eigenvalue weighted by Gasteiger charge is -2.19. The second-order valence-corrected chi connectivity index (χ2v) is 6.63. The molecule has 3 rings (SSSR count). The second kappa shape index (κ2) is 8.12. The zero-order chi connectivity index (χ0) is 19.4. The summed E-state index contributed by atoms with van der Waals surface area (Å²) in [5.41, 5.74) is 1.64. The minimum absolute atomic E-state index is 0.0226. The average molecular weight is 368 g/mol. The van der Waals surface area contributed by atoms with Crippen LogP contribution in [0.25, 0.3) is 0 Å². The van der Waals surface area contributed by atoms with Crippen LogP contribution in [0.1, 0.15) is 28.8 Å². The molecule has 2 amide bonds. The number of nitrogens with zero attached hydrogens (tertiary/aromatic N) is 1. The summed E-state index contributed by atoms with van der Waals surface area (Å²) in [6.45, 7) is 2.50. The number of carbonyl (C=O) groups is 2. The molecule has 2 aromatic rings. The van der Waals surface area contributed by atoms with Crippen molar-refractivity contribution >= 4 is 11.8 Å². The highest BCUT2D eigenvalue weighted by Gasteiger charge is 2.37. The summed E-state index contributed by atoms with van der Waals surface area (Å²) in [5.74, 6) is 1.27. The number of hydrogen-bond donors (Lipinski definition) is 1. The fourth-order valence-corrected chi connectivity index (χ4v) is 3.50. The first kappa shape index (κ1) is 18.8. The molecular formula is C21H24N2O4. The van der Waals surface area contributed by atoms with Crippen molar-refractivity contribution in [1.82, 2.24) is 10.2 Å². The van der Waals surface area contributed by atoms with Crippen molar-refractivity contribution < 1.29 is 19.1 Å². The third kappa shape index (κ3) is 4.22. The molecule has 2 aromatic carbocycles. The van der Waals surface area contributed by atoms with Gasteiger partial charge in [-0.1, -0.05) is 18.2 Å². The molecule has 142 valence electrons. The van der Waals surface area contributed by atoms with Gasteiger partial charge in [0.2, 0.25) is 5.91 Å². The van der Waals surface area contributed by atoms with Crippen LogP contribution < -0.4 is 14.8 Å². The molecule has 6 heteroatoms. The van der Waals surface area contributed by atoms with Crippen molar-refractivity contribution in [2.24, 2.45) is 0 Å². The maximum atomic E-state index is 13.0. The van der Waals surface area contributed by atoms with Gasteiger partial charge in [-0.2, -0.15) is 0 Å². The van der Waals surface area contributed by atoms with Crippen LogP contribution in [0, 0.1) is 0 Å². The molecule has 1 fully saturated rings. The Morgan fingerprint density at radius 1 is 1.00 bits per heavy atom. The molecule has 1 heterocycles. The summed E-state index contributed by atoms with van der Waals surface area (Å²) in [6, 6.07) is 14.7. The Morgan fingerprint density at radius 2 is 1.70 bits per heavy atom. The van der Waals surface area contributed by atoms with E-state index in [0.717, 1.165) is 11.3 Å². The number of methoxy groups -OCH3 is 2. The molecule has 1 aliphatic rings. The van der Waals surface area contributed by atoms with Gasteiger partial charge in [0.15, 0.2) is 0 Å². The zero-order valence-electron chi connectivity index (χ0n) is 15.8. The molecule has 27 heavy (non-hydrogen) atoms. The van der Waals surface area contributed by atoms with Gasteiger partial charge in [-0.3, -0.25) is 9.59 Å². The molecule has 6 nitrogen and oxygen atoms in total. The standard InChI is InChI=1S/C21H24N2O4/c1-14(24)22-20-13-23(21(25)16-5-4-6-18(11-16)27-3)12-19(20)15-7-9-17(26-2)10-8-15/h4-11,19-20H,12-13H2,1-3H3,(H,22,24)/t19-,20+/m0/s1. The van der Waals surface area contributed by atoms with Crippen molar-refractivity contribution in [3.05, 3.63) is 59.7 Å². The van der Waals surface area contributed by atoms with E-state index in [0.29, 0.717) is 24.4 Å². The number of hydrogen-bond acceptors (Lipinski definition) is 4. The summed E-state index contributed by atoms with van der Waals surface area (Å²) in [7, 11) is 3.20. The van der Waals surface area contributed by atoms with Gasteiger partial charge >= 0.3 is 0 Å². The van der Waals surface area contributed by atoms with Crippen LogP contribution in [-0.2, 0) is 4.79 Å². The lowest BCUT2D eigenvalue weighted by Crippen LogP contribution is -2.39. The summed E-state index contributed by atoms with van der Waals surface area (Å²) in [5, 5.41) is 2.99. The Kier molecular flexibility index (Phi) is 5.64. The molecule has 0 unspecified atom stereocenters. The van der Waals surface area contributed by atoms with E-state index in [2.05, 4.69) is 5.32 Å². The van der Waals surface area contributed by atoms with E-state index in [1.54, 1.807) is 43.4 Å². The van der Waals surface area contributed by atoms with Gasteiger partial charge in [0.25, 0.3) is 5.91 Å². The molecule has 0 radical (unpaired) electrons. The van der Waals surface area contributed by atoms with E-state index >= 15 is 0 Å². The number of ether oxygens (including phenoxy) is 2. The predicted molar refractivity (Wildman–Crippen MR) is 102 cm³/mol. The lowest BCUT2D eigenvalue weighted by molar-refractivity contribution is -0.119. The van der Waals surface area contributed by atoms with Gasteiger partial charge in [-0.15, -0.1) is 0 Å². The Balaban J connectivity index is 1.83. The minimum Gasteiger partial charge on any atom is -0.497 e. The van der Waals surface area contributed by atoms with Crippen LogP contribution in [0.15, 0.2) is 48.5 Å². The van der Waals surface area contributed by atoms with Crippen LogP contribution in [0.2, 0.25) is 0 Å². The fraction of sp³-hybridized carbons (Fsp3) is 0.333. The van der Waals surface area contributed by atoms with Crippen LogP contribution >= 0.6 is 0 Å². The van der Waals surface area contributed by atoms with Crippen molar-refractivity contribution in [1.29, 1.82) is 0 Å².